The average molecular weight is 239 g/mol. The second-order valence-electron chi connectivity index (χ2n) is 4.38. The molecule has 1 rings (SSSR count). The fraction of sp³-hybridized carbons (Fsp3) is 0.667. The summed E-state index contributed by atoms with van der Waals surface area (Å²) in [6.07, 6.45) is 0.710. The van der Waals surface area contributed by atoms with Crippen LogP contribution in [0.15, 0.2) is 10.9 Å². The van der Waals surface area contributed by atoms with Crippen molar-refractivity contribution >= 4 is 5.82 Å². The van der Waals surface area contributed by atoms with Gasteiger partial charge < -0.3 is 15.0 Å². The van der Waals surface area contributed by atoms with E-state index in [2.05, 4.69) is 29.1 Å². The van der Waals surface area contributed by atoms with Crippen molar-refractivity contribution in [3.05, 3.63) is 22.2 Å². The molecule has 1 aromatic heterocycles. The topological polar surface area (TPSA) is 67.0 Å². The molecular formula is C12H21N3O2. The molecule has 0 saturated heterocycles. The maximum absolute atomic E-state index is 11.4. The summed E-state index contributed by atoms with van der Waals surface area (Å²) in [5, 5.41) is 3.24. The van der Waals surface area contributed by atoms with Crippen LogP contribution in [0.5, 0.6) is 0 Å². The van der Waals surface area contributed by atoms with Crippen LogP contribution in [0.25, 0.3) is 0 Å². The number of H-pyrrole nitrogens is 1. The van der Waals surface area contributed by atoms with Crippen molar-refractivity contribution in [1.29, 1.82) is 0 Å². The highest BCUT2D eigenvalue weighted by Gasteiger charge is 2.13. The minimum atomic E-state index is -0.126. The van der Waals surface area contributed by atoms with Crippen LogP contribution < -0.4 is 10.9 Å². The van der Waals surface area contributed by atoms with E-state index in [1.54, 1.807) is 7.11 Å². The zero-order valence-electron chi connectivity index (χ0n) is 10.9. The average Bonchev–Trinajstić information content (AvgIpc) is 2.27. The lowest BCUT2D eigenvalue weighted by molar-refractivity contribution is 0.171. The van der Waals surface area contributed by atoms with Gasteiger partial charge in [-0.2, -0.15) is 0 Å². The number of hydrogen-bond acceptors (Lipinski definition) is 4. The Balaban J connectivity index is 2.85. The van der Waals surface area contributed by atoms with E-state index in [9.17, 15) is 4.79 Å². The standard InChI is InChI=1S/C12H21N3O2/c1-5-10-14-11(6-12(16)15-10)13-9(7-17-4)8(2)3/h6,8-9H,5,7H2,1-4H3,(H2,13,14,15,16). The molecular weight excluding hydrogens is 218 g/mol. The van der Waals surface area contributed by atoms with E-state index in [0.717, 1.165) is 0 Å². The lowest BCUT2D eigenvalue weighted by atomic mass is 10.1. The van der Waals surface area contributed by atoms with Crippen LogP contribution in [0.1, 0.15) is 26.6 Å². The molecule has 1 unspecified atom stereocenters. The fourth-order valence-electron chi connectivity index (χ4n) is 1.52. The number of aryl methyl sites for hydroxylation is 1. The number of nitrogens with zero attached hydrogens (tertiary/aromatic N) is 1. The third-order valence-electron chi connectivity index (χ3n) is 2.61. The lowest BCUT2D eigenvalue weighted by Crippen LogP contribution is -2.31. The van der Waals surface area contributed by atoms with E-state index in [0.29, 0.717) is 30.6 Å². The monoisotopic (exact) mass is 239 g/mol. The minimum absolute atomic E-state index is 0.126. The molecule has 1 aromatic rings. The number of nitrogens with one attached hydrogen (secondary N) is 2. The van der Waals surface area contributed by atoms with Crippen molar-refractivity contribution in [2.45, 2.75) is 33.2 Å². The minimum Gasteiger partial charge on any atom is -0.383 e. The highest BCUT2D eigenvalue weighted by atomic mass is 16.5. The van der Waals surface area contributed by atoms with Crippen molar-refractivity contribution in [2.24, 2.45) is 5.92 Å². The summed E-state index contributed by atoms with van der Waals surface area (Å²) in [6.45, 7) is 6.75. The molecule has 17 heavy (non-hydrogen) atoms. The van der Waals surface area contributed by atoms with Crippen molar-refractivity contribution in [1.82, 2.24) is 9.97 Å². The number of ether oxygens (including phenoxy) is 1. The van der Waals surface area contributed by atoms with Gasteiger partial charge in [0.2, 0.25) is 0 Å². The van der Waals surface area contributed by atoms with Crippen LogP contribution in [0, 0.1) is 5.92 Å². The molecule has 1 heterocycles. The van der Waals surface area contributed by atoms with Crippen LogP contribution in [0.4, 0.5) is 5.82 Å². The largest absolute Gasteiger partial charge is 0.383 e. The molecule has 0 aromatic carbocycles. The Morgan fingerprint density at radius 2 is 2.24 bits per heavy atom. The Labute approximate surface area is 102 Å². The third kappa shape index (κ3) is 4.19. The molecule has 0 spiro atoms. The smallest absolute Gasteiger partial charge is 0.252 e. The molecule has 0 saturated carbocycles. The molecule has 0 fully saturated rings. The highest BCUT2D eigenvalue weighted by Crippen LogP contribution is 2.09. The van der Waals surface area contributed by atoms with Crippen molar-refractivity contribution < 1.29 is 4.74 Å². The molecule has 0 aliphatic heterocycles. The Morgan fingerprint density at radius 3 is 2.76 bits per heavy atom. The van der Waals surface area contributed by atoms with E-state index in [1.807, 2.05) is 6.92 Å². The summed E-state index contributed by atoms with van der Waals surface area (Å²) >= 11 is 0. The zero-order chi connectivity index (χ0) is 12.8. The molecule has 0 amide bonds. The first-order chi connectivity index (χ1) is 8.06. The van der Waals surface area contributed by atoms with E-state index in [4.69, 9.17) is 4.74 Å². The quantitative estimate of drug-likeness (QED) is 0.787. The second kappa shape index (κ2) is 6.39. The second-order valence-corrected chi connectivity index (χ2v) is 4.38. The van der Waals surface area contributed by atoms with Crippen LogP contribution in [-0.4, -0.2) is 29.7 Å². The number of anilines is 1. The Bertz CT molecular complexity index is 401. The van der Waals surface area contributed by atoms with Gasteiger partial charge in [-0.15, -0.1) is 0 Å². The van der Waals surface area contributed by atoms with Gasteiger partial charge in [0, 0.05) is 19.6 Å². The fourth-order valence-corrected chi connectivity index (χ4v) is 1.52. The first kappa shape index (κ1) is 13.7. The number of aromatic nitrogens is 2. The van der Waals surface area contributed by atoms with Gasteiger partial charge >= 0.3 is 0 Å². The van der Waals surface area contributed by atoms with Crippen molar-refractivity contribution in [3.63, 3.8) is 0 Å². The molecule has 0 aliphatic carbocycles. The number of aromatic amines is 1. The Hall–Kier alpha value is -1.36. The summed E-state index contributed by atoms with van der Waals surface area (Å²) in [5.74, 6) is 1.71. The molecule has 0 aliphatic rings. The summed E-state index contributed by atoms with van der Waals surface area (Å²) in [4.78, 5) is 18.4. The summed E-state index contributed by atoms with van der Waals surface area (Å²) in [7, 11) is 1.67. The van der Waals surface area contributed by atoms with Gasteiger partial charge in [-0.3, -0.25) is 4.79 Å². The molecule has 2 N–H and O–H groups in total. The lowest BCUT2D eigenvalue weighted by Gasteiger charge is -2.22. The molecule has 5 nitrogen and oxygen atoms in total. The van der Waals surface area contributed by atoms with Crippen LogP contribution in [-0.2, 0) is 11.2 Å². The molecule has 0 radical (unpaired) electrons. The summed E-state index contributed by atoms with van der Waals surface area (Å²) < 4.78 is 5.15. The van der Waals surface area contributed by atoms with Gasteiger partial charge in [0.05, 0.1) is 12.6 Å². The normalized spacial score (nSPS) is 12.8. The number of rotatable bonds is 6. The number of methoxy groups -OCH3 is 1. The van der Waals surface area contributed by atoms with Gasteiger partial charge in [0.1, 0.15) is 11.6 Å². The molecule has 96 valence electrons. The van der Waals surface area contributed by atoms with Crippen molar-refractivity contribution in [3.8, 4) is 0 Å². The van der Waals surface area contributed by atoms with Crippen molar-refractivity contribution in [2.75, 3.05) is 19.0 Å². The van der Waals surface area contributed by atoms with Gasteiger partial charge in [-0.05, 0) is 5.92 Å². The first-order valence-corrected chi connectivity index (χ1v) is 5.92. The molecule has 0 bridgehead atoms. The first-order valence-electron chi connectivity index (χ1n) is 5.92. The summed E-state index contributed by atoms with van der Waals surface area (Å²) in [6, 6.07) is 1.63. The summed E-state index contributed by atoms with van der Waals surface area (Å²) in [5.41, 5.74) is -0.126. The SMILES string of the molecule is CCc1nc(NC(COC)C(C)C)cc(=O)[nH]1. The number of hydrogen-bond donors (Lipinski definition) is 2. The van der Waals surface area contributed by atoms with Gasteiger partial charge in [0.15, 0.2) is 0 Å². The Morgan fingerprint density at radius 1 is 1.53 bits per heavy atom. The maximum Gasteiger partial charge on any atom is 0.252 e. The zero-order valence-corrected chi connectivity index (χ0v) is 10.9. The van der Waals surface area contributed by atoms with Gasteiger partial charge in [-0.1, -0.05) is 20.8 Å². The van der Waals surface area contributed by atoms with E-state index < -0.39 is 0 Å². The van der Waals surface area contributed by atoms with Gasteiger partial charge in [0.25, 0.3) is 5.56 Å². The van der Waals surface area contributed by atoms with E-state index in [1.165, 1.54) is 6.07 Å². The highest BCUT2D eigenvalue weighted by molar-refractivity contribution is 5.34. The molecule has 1 atom stereocenters. The van der Waals surface area contributed by atoms with E-state index >= 15 is 0 Å². The molecule has 5 heteroatoms. The Kier molecular flexibility index (Phi) is 5.15. The van der Waals surface area contributed by atoms with Crippen LogP contribution in [0.3, 0.4) is 0 Å². The van der Waals surface area contributed by atoms with E-state index in [-0.39, 0.29) is 11.6 Å². The van der Waals surface area contributed by atoms with Crippen LogP contribution in [0.2, 0.25) is 0 Å². The van der Waals surface area contributed by atoms with Gasteiger partial charge in [-0.25, -0.2) is 4.98 Å². The van der Waals surface area contributed by atoms with Crippen LogP contribution >= 0.6 is 0 Å². The maximum atomic E-state index is 11.4. The third-order valence-corrected chi connectivity index (χ3v) is 2.61. The predicted molar refractivity (Wildman–Crippen MR) is 68.4 cm³/mol. The predicted octanol–water partition coefficient (Wildman–Crippen LogP) is 1.42.